The molecule has 0 N–H and O–H groups in total. The van der Waals surface area contributed by atoms with Crippen molar-refractivity contribution in [2.45, 2.75) is 0 Å². The third-order valence-electron chi connectivity index (χ3n) is 1.92. The quantitative estimate of drug-likeness (QED) is 0.348. The number of hydrogen-bond acceptors (Lipinski definition) is 6. The average Bonchev–Trinajstić information content (AvgIpc) is 2.43. The van der Waals surface area contributed by atoms with Crippen molar-refractivity contribution in [1.29, 1.82) is 0 Å². The monoisotopic (exact) mass is 250 g/mol. The molecule has 0 fully saturated rings. The molecule has 0 unspecified atom stereocenters. The average molecular weight is 250 g/mol. The maximum atomic E-state index is 11.6. The van der Waals surface area contributed by atoms with Crippen molar-refractivity contribution in [2.24, 2.45) is 0 Å². The first-order valence-electron chi connectivity index (χ1n) is 4.82. The molecule has 18 heavy (non-hydrogen) atoms. The molecule has 0 aromatic heterocycles. The van der Waals surface area contributed by atoms with E-state index in [1.807, 2.05) is 0 Å². The fourth-order valence-electron chi connectivity index (χ4n) is 1.11. The summed E-state index contributed by atoms with van der Waals surface area (Å²) in [6.07, 6.45) is 0.833. The molecule has 94 valence electrons. The lowest BCUT2D eigenvalue weighted by Gasteiger charge is -2.05. The van der Waals surface area contributed by atoms with Crippen LogP contribution < -0.4 is 0 Å². The lowest BCUT2D eigenvalue weighted by molar-refractivity contribution is -0.228. The van der Waals surface area contributed by atoms with Gasteiger partial charge in [0, 0.05) is 6.08 Å². The van der Waals surface area contributed by atoms with Gasteiger partial charge in [-0.25, -0.2) is 24.2 Å². The Labute approximate surface area is 103 Å². The molecule has 6 heteroatoms. The van der Waals surface area contributed by atoms with Crippen molar-refractivity contribution in [2.75, 3.05) is 7.11 Å². The van der Waals surface area contributed by atoms with Gasteiger partial charge in [0.2, 0.25) is 0 Å². The van der Waals surface area contributed by atoms with Crippen LogP contribution >= 0.6 is 0 Å². The van der Waals surface area contributed by atoms with Gasteiger partial charge in [0.15, 0.2) is 0 Å². The van der Waals surface area contributed by atoms with Crippen LogP contribution in [0.1, 0.15) is 20.7 Å². The van der Waals surface area contributed by atoms with Crippen molar-refractivity contribution in [3.8, 4) is 0 Å². The second-order valence-corrected chi connectivity index (χ2v) is 3.01. The molecule has 0 saturated heterocycles. The van der Waals surface area contributed by atoms with Gasteiger partial charge < -0.3 is 4.74 Å². The number of esters is 1. The molecule has 0 heterocycles. The number of carbonyl (C=O) groups is 3. The largest absolute Gasteiger partial charge is 0.465 e. The summed E-state index contributed by atoms with van der Waals surface area (Å²) in [5.41, 5.74) is -0.0548. The van der Waals surface area contributed by atoms with Gasteiger partial charge in [0.05, 0.1) is 18.2 Å². The van der Waals surface area contributed by atoms with Crippen LogP contribution in [-0.2, 0) is 19.3 Å². The van der Waals surface area contributed by atoms with Crippen LogP contribution in [0.15, 0.2) is 36.9 Å². The van der Waals surface area contributed by atoms with Crippen LogP contribution in [0.5, 0.6) is 0 Å². The fourth-order valence-corrected chi connectivity index (χ4v) is 1.11. The number of ether oxygens (including phenoxy) is 1. The maximum absolute atomic E-state index is 11.6. The van der Waals surface area contributed by atoms with Crippen LogP contribution in [0.25, 0.3) is 0 Å². The van der Waals surface area contributed by atoms with Crippen molar-refractivity contribution in [1.82, 2.24) is 0 Å². The summed E-state index contributed by atoms with van der Waals surface area (Å²) in [7, 11) is 1.18. The molecule has 1 aromatic rings. The van der Waals surface area contributed by atoms with Gasteiger partial charge in [-0.3, -0.25) is 0 Å². The fraction of sp³-hybridized carbons (Fsp3) is 0.0833. The standard InChI is InChI=1S/C12H10O6/c1-3-10(13)17-18-12(15)9-7-5-4-6-8(9)11(14)16-2/h3-7H,1H2,2H3. The molecule has 0 spiro atoms. The highest BCUT2D eigenvalue weighted by molar-refractivity contribution is 6.03. The first-order chi connectivity index (χ1) is 8.60. The third kappa shape index (κ3) is 3.18. The predicted molar refractivity (Wildman–Crippen MR) is 59.5 cm³/mol. The summed E-state index contributed by atoms with van der Waals surface area (Å²) in [5.74, 6) is -2.59. The zero-order chi connectivity index (χ0) is 13.5. The number of hydrogen-bond donors (Lipinski definition) is 0. The van der Waals surface area contributed by atoms with E-state index in [1.165, 1.54) is 25.3 Å². The predicted octanol–water partition coefficient (Wildman–Crippen LogP) is 1.27. The molecular formula is C12H10O6. The summed E-state index contributed by atoms with van der Waals surface area (Å²) >= 11 is 0. The lowest BCUT2D eigenvalue weighted by Crippen LogP contribution is -2.14. The van der Waals surface area contributed by atoms with Gasteiger partial charge in [-0.05, 0) is 12.1 Å². The Balaban J connectivity index is 2.88. The summed E-state index contributed by atoms with van der Waals surface area (Å²) in [6, 6.07) is 5.81. The van der Waals surface area contributed by atoms with Gasteiger partial charge in [-0.2, -0.15) is 0 Å². The molecule has 0 aliphatic rings. The first kappa shape index (κ1) is 13.4. The Kier molecular flexibility index (Phi) is 4.62. The molecule has 0 atom stereocenters. The minimum atomic E-state index is -0.980. The van der Waals surface area contributed by atoms with Gasteiger partial charge in [0.25, 0.3) is 0 Å². The Morgan fingerprint density at radius 2 is 1.61 bits per heavy atom. The molecule has 0 saturated carbocycles. The number of carbonyl (C=O) groups excluding carboxylic acids is 3. The Morgan fingerprint density at radius 1 is 1.06 bits per heavy atom. The summed E-state index contributed by atoms with van der Waals surface area (Å²) in [6.45, 7) is 3.13. The van der Waals surface area contributed by atoms with Gasteiger partial charge in [-0.15, -0.1) is 0 Å². The highest BCUT2D eigenvalue weighted by Crippen LogP contribution is 2.11. The zero-order valence-corrected chi connectivity index (χ0v) is 9.54. The molecule has 6 nitrogen and oxygen atoms in total. The maximum Gasteiger partial charge on any atom is 0.387 e. The molecule has 0 radical (unpaired) electrons. The van der Waals surface area contributed by atoms with Crippen molar-refractivity contribution in [3.63, 3.8) is 0 Å². The second kappa shape index (κ2) is 6.19. The van der Waals surface area contributed by atoms with Crippen molar-refractivity contribution >= 4 is 17.9 Å². The molecule has 0 bridgehead atoms. The van der Waals surface area contributed by atoms with Crippen LogP contribution in [0, 0.1) is 0 Å². The van der Waals surface area contributed by atoms with E-state index < -0.39 is 17.9 Å². The van der Waals surface area contributed by atoms with E-state index in [4.69, 9.17) is 0 Å². The van der Waals surface area contributed by atoms with E-state index in [0.29, 0.717) is 0 Å². The molecule has 1 aromatic carbocycles. The Hall–Kier alpha value is -2.63. The normalized spacial score (nSPS) is 9.17. The SMILES string of the molecule is C=CC(=O)OOC(=O)c1ccccc1C(=O)OC. The Bertz CT molecular complexity index is 491. The topological polar surface area (TPSA) is 78.9 Å². The van der Waals surface area contributed by atoms with E-state index in [1.54, 1.807) is 6.07 Å². The van der Waals surface area contributed by atoms with E-state index >= 15 is 0 Å². The van der Waals surface area contributed by atoms with Crippen molar-refractivity contribution in [3.05, 3.63) is 48.0 Å². The number of methoxy groups -OCH3 is 1. The molecule has 1 rings (SSSR count). The summed E-state index contributed by atoms with van der Waals surface area (Å²) in [5, 5.41) is 0. The van der Waals surface area contributed by atoms with Crippen LogP contribution in [-0.4, -0.2) is 25.0 Å². The minimum absolute atomic E-state index is 0.0136. The highest BCUT2D eigenvalue weighted by Gasteiger charge is 2.19. The van der Waals surface area contributed by atoms with Crippen LogP contribution in [0.2, 0.25) is 0 Å². The van der Waals surface area contributed by atoms with E-state index in [-0.39, 0.29) is 11.1 Å². The second-order valence-electron chi connectivity index (χ2n) is 3.01. The van der Waals surface area contributed by atoms with Gasteiger partial charge >= 0.3 is 17.9 Å². The molecular weight excluding hydrogens is 240 g/mol. The van der Waals surface area contributed by atoms with E-state index in [2.05, 4.69) is 21.1 Å². The number of rotatable bonds is 3. The van der Waals surface area contributed by atoms with Gasteiger partial charge in [0.1, 0.15) is 0 Å². The summed E-state index contributed by atoms with van der Waals surface area (Å²) < 4.78 is 4.50. The van der Waals surface area contributed by atoms with E-state index in [9.17, 15) is 14.4 Å². The molecule has 0 aliphatic heterocycles. The highest BCUT2D eigenvalue weighted by atomic mass is 17.2. The summed E-state index contributed by atoms with van der Waals surface area (Å²) in [4.78, 5) is 42.0. The minimum Gasteiger partial charge on any atom is -0.465 e. The van der Waals surface area contributed by atoms with Crippen molar-refractivity contribution < 1.29 is 28.9 Å². The van der Waals surface area contributed by atoms with Crippen LogP contribution in [0.3, 0.4) is 0 Å². The number of benzene rings is 1. The lowest BCUT2D eigenvalue weighted by atomic mass is 10.1. The first-order valence-corrected chi connectivity index (χ1v) is 4.82. The van der Waals surface area contributed by atoms with Crippen LogP contribution in [0.4, 0.5) is 0 Å². The zero-order valence-electron chi connectivity index (χ0n) is 9.54. The Morgan fingerprint density at radius 3 is 2.11 bits per heavy atom. The van der Waals surface area contributed by atoms with Gasteiger partial charge in [-0.1, -0.05) is 18.7 Å². The molecule has 0 aliphatic carbocycles. The third-order valence-corrected chi connectivity index (χ3v) is 1.92. The molecule has 0 amide bonds. The van der Waals surface area contributed by atoms with E-state index in [0.717, 1.165) is 6.08 Å². The smallest absolute Gasteiger partial charge is 0.387 e.